The van der Waals surface area contributed by atoms with Crippen LogP contribution in [0.5, 0.6) is 0 Å². The minimum atomic E-state index is -0.363. The van der Waals surface area contributed by atoms with E-state index in [0.717, 1.165) is 31.6 Å². The average molecular weight is 257 g/mol. The van der Waals surface area contributed by atoms with Gasteiger partial charge in [0.2, 0.25) is 0 Å². The summed E-state index contributed by atoms with van der Waals surface area (Å²) < 4.78 is 13.0. The van der Waals surface area contributed by atoms with Gasteiger partial charge in [-0.15, -0.1) is 0 Å². The number of hydrogen-bond donors (Lipinski definition) is 1. The Morgan fingerprint density at radius 3 is 2.94 bits per heavy atom. The second kappa shape index (κ2) is 5.69. The molecule has 0 radical (unpaired) electrons. The molecule has 1 unspecified atom stereocenters. The molecule has 1 aromatic carbocycles. The van der Waals surface area contributed by atoms with Crippen LogP contribution in [0.1, 0.15) is 19.3 Å². The molecule has 1 aliphatic rings. The van der Waals surface area contributed by atoms with Gasteiger partial charge in [0.15, 0.2) is 0 Å². The van der Waals surface area contributed by atoms with Crippen molar-refractivity contribution in [3.05, 3.63) is 29.0 Å². The summed E-state index contributed by atoms with van der Waals surface area (Å²) in [5.74, 6) is -0.363. The van der Waals surface area contributed by atoms with Crippen LogP contribution in [0, 0.1) is 5.82 Å². The fourth-order valence-electron chi connectivity index (χ4n) is 2.21. The average Bonchev–Trinajstić information content (AvgIpc) is 2.49. The number of likely N-dealkylation sites (tertiary alicyclic amines) is 1. The molecule has 1 aromatic rings. The summed E-state index contributed by atoms with van der Waals surface area (Å²) in [6.07, 6.45) is 3.47. The maximum atomic E-state index is 13.0. The highest BCUT2D eigenvalue weighted by molar-refractivity contribution is 6.31. The fourth-order valence-corrected chi connectivity index (χ4v) is 2.39. The Bertz CT molecular complexity index is 384. The lowest BCUT2D eigenvalue weighted by Crippen LogP contribution is -2.22. The zero-order chi connectivity index (χ0) is 12.3. The molecule has 2 rings (SSSR count). The maximum Gasteiger partial charge on any atom is 0.141 e. The minimum Gasteiger partial charge on any atom is -0.382 e. The topological polar surface area (TPSA) is 15.3 Å². The van der Waals surface area contributed by atoms with Crippen LogP contribution in [0.25, 0.3) is 0 Å². The number of rotatable bonds is 2. The lowest BCUT2D eigenvalue weighted by atomic mass is 10.1. The highest BCUT2D eigenvalue weighted by atomic mass is 35.5. The third-order valence-electron chi connectivity index (χ3n) is 3.24. The van der Waals surface area contributed by atoms with Crippen LogP contribution >= 0.6 is 11.6 Å². The van der Waals surface area contributed by atoms with Crippen LogP contribution in [-0.2, 0) is 0 Å². The molecule has 94 valence electrons. The lowest BCUT2D eigenvalue weighted by Gasteiger charge is -2.18. The number of benzene rings is 1. The Morgan fingerprint density at radius 1 is 1.35 bits per heavy atom. The van der Waals surface area contributed by atoms with E-state index < -0.39 is 0 Å². The summed E-state index contributed by atoms with van der Waals surface area (Å²) in [4.78, 5) is 2.35. The minimum absolute atomic E-state index is 0.181. The summed E-state index contributed by atoms with van der Waals surface area (Å²) in [6.45, 7) is 2.26. The number of halogens is 2. The van der Waals surface area contributed by atoms with Gasteiger partial charge in [-0.3, -0.25) is 0 Å². The molecule has 1 saturated heterocycles. The molecule has 1 atom stereocenters. The van der Waals surface area contributed by atoms with Crippen molar-refractivity contribution in [2.75, 3.05) is 25.5 Å². The first-order valence-corrected chi connectivity index (χ1v) is 6.43. The van der Waals surface area contributed by atoms with Gasteiger partial charge < -0.3 is 10.2 Å². The first kappa shape index (κ1) is 12.7. The Hall–Kier alpha value is -0.800. The Morgan fingerprint density at radius 2 is 2.18 bits per heavy atom. The van der Waals surface area contributed by atoms with Gasteiger partial charge >= 0.3 is 0 Å². The van der Waals surface area contributed by atoms with Gasteiger partial charge in [0.1, 0.15) is 5.82 Å². The first-order valence-electron chi connectivity index (χ1n) is 6.05. The predicted molar refractivity (Wildman–Crippen MR) is 70.2 cm³/mol. The molecule has 17 heavy (non-hydrogen) atoms. The highest BCUT2D eigenvalue weighted by Crippen LogP contribution is 2.22. The van der Waals surface area contributed by atoms with E-state index in [0.29, 0.717) is 6.04 Å². The monoisotopic (exact) mass is 256 g/mol. The van der Waals surface area contributed by atoms with Crippen molar-refractivity contribution in [1.82, 2.24) is 4.90 Å². The van der Waals surface area contributed by atoms with Crippen molar-refractivity contribution in [2.45, 2.75) is 25.3 Å². The molecule has 0 spiro atoms. The van der Waals surface area contributed by atoms with Gasteiger partial charge in [-0.2, -0.15) is 0 Å². The third kappa shape index (κ3) is 3.58. The van der Waals surface area contributed by atoms with Crippen LogP contribution in [0.3, 0.4) is 0 Å². The van der Waals surface area contributed by atoms with Gasteiger partial charge in [0.25, 0.3) is 0 Å². The smallest absolute Gasteiger partial charge is 0.141 e. The van der Waals surface area contributed by atoms with E-state index in [1.807, 2.05) is 0 Å². The summed E-state index contributed by atoms with van der Waals surface area (Å²) in [7, 11) is 2.15. The third-order valence-corrected chi connectivity index (χ3v) is 3.53. The largest absolute Gasteiger partial charge is 0.382 e. The number of nitrogens with zero attached hydrogens (tertiary/aromatic N) is 1. The fraction of sp³-hybridized carbons (Fsp3) is 0.538. The molecule has 1 aliphatic heterocycles. The van der Waals surface area contributed by atoms with Crippen molar-refractivity contribution < 1.29 is 4.39 Å². The van der Waals surface area contributed by atoms with Crippen LogP contribution in [-0.4, -0.2) is 31.1 Å². The van der Waals surface area contributed by atoms with E-state index in [1.165, 1.54) is 12.5 Å². The van der Waals surface area contributed by atoms with Crippen LogP contribution in [0.4, 0.5) is 10.1 Å². The summed E-state index contributed by atoms with van der Waals surface area (Å²) in [6, 6.07) is 5.27. The summed E-state index contributed by atoms with van der Waals surface area (Å²) >= 11 is 5.76. The van der Waals surface area contributed by atoms with E-state index in [-0.39, 0.29) is 10.8 Å². The molecule has 1 heterocycles. The van der Waals surface area contributed by atoms with Gasteiger partial charge in [-0.25, -0.2) is 4.39 Å². The maximum absolute atomic E-state index is 13.0. The predicted octanol–water partition coefficient (Wildman–Crippen LogP) is 3.38. The molecule has 1 fully saturated rings. The molecular weight excluding hydrogens is 239 g/mol. The SMILES string of the molecule is CN1CCCC(Nc2ccc(F)c(Cl)c2)CC1. The molecule has 0 aliphatic carbocycles. The quantitative estimate of drug-likeness (QED) is 0.873. The molecule has 0 saturated carbocycles. The van der Waals surface area contributed by atoms with Crippen molar-refractivity contribution in [1.29, 1.82) is 0 Å². The van der Waals surface area contributed by atoms with Crippen molar-refractivity contribution >= 4 is 17.3 Å². The zero-order valence-corrected chi connectivity index (χ0v) is 10.8. The molecule has 1 N–H and O–H groups in total. The number of anilines is 1. The van der Waals surface area contributed by atoms with Crippen LogP contribution < -0.4 is 5.32 Å². The Labute approximate surface area is 107 Å². The molecule has 0 amide bonds. The Balaban J connectivity index is 1.97. The molecule has 0 bridgehead atoms. The highest BCUT2D eigenvalue weighted by Gasteiger charge is 2.14. The molecule has 2 nitrogen and oxygen atoms in total. The second-order valence-corrected chi connectivity index (χ2v) is 5.11. The van der Waals surface area contributed by atoms with Crippen molar-refractivity contribution in [3.8, 4) is 0 Å². The van der Waals surface area contributed by atoms with E-state index in [2.05, 4.69) is 17.3 Å². The van der Waals surface area contributed by atoms with Gasteiger partial charge in [-0.1, -0.05) is 11.6 Å². The summed E-state index contributed by atoms with van der Waals surface area (Å²) in [5.41, 5.74) is 0.908. The van der Waals surface area contributed by atoms with Gasteiger partial charge in [0.05, 0.1) is 5.02 Å². The standard InChI is InChI=1S/C13H18ClFN2/c1-17-7-2-3-10(6-8-17)16-11-4-5-13(15)12(14)9-11/h4-5,9-10,16H,2-3,6-8H2,1H3. The van der Waals surface area contributed by atoms with Crippen molar-refractivity contribution in [2.24, 2.45) is 0 Å². The van der Waals surface area contributed by atoms with Gasteiger partial charge in [0, 0.05) is 11.7 Å². The molecular formula is C13H18ClFN2. The van der Waals surface area contributed by atoms with E-state index in [1.54, 1.807) is 12.1 Å². The van der Waals surface area contributed by atoms with E-state index in [9.17, 15) is 4.39 Å². The zero-order valence-electron chi connectivity index (χ0n) is 10.0. The number of hydrogen-bond acceptors (Lipinski definition) is 2. The lowest BCUT2D eigenvalue weighted by molar-refractivity contribution is 0.348. The van der Waals surface area contributed by atoms with Gasteiger partial charge in [-0.05, 0) is 57.6 Å². The summed E-state index contributed by atoms with van der Waals surface area (Å²) in [5, 5.41) is 3.61. The van der Waals surface area contributed by atoms with E-state index >= 15 is 0 Å². The molecule has 0 aromatic heterocycles. The number of nitrogens with one attached hydrogen (secondary N) is 1. The Kier molecular flexibility index (Phi) is 4.24. The normalized spacial score (nSPS) is 22.2. The van der Waals surface area contributed by atoms with E-state index in [4.69, 9.17) is 11.6 Å². The first-order chi connectivity index (χ1) is 8.15. The second-order valence-electron chi connectivity index (χ2n) is 4.70. The van der Waals surface area contributed by atoms with Crippen LogP contribution in [0.15, 0.2) is 18.2 Å². The molecule has 4 heteroatoms. The van der Waals surface area contributed by atoms with Crippen molar-refractivity contribution in [3.63, 3.8) is 0 Å². The van der Waals surface area contributed by atoms with Crippen LogP contribution in [0.2, 0.25) is 5.02 Å².